The molecular weight excluding hydrogens is 360 g/mol. The Labute approximate surface area is 163 Å². The number of rotatable bonds is 4. The molecule has 0 saturated carbocycles. The molecule has 0 atom stereocenters. The lowest BCUT2D eigenvalue weighted by atomic mass is 9.97. The highest BCUT2D eigenvalue weighted by molar-refractivity contribution is 6.14. The molecule has 146 valence electrons. The van der Waals surface area contributed by atoms with E-state index in [9.17, 15) is 9.59 Å². The molecule has 0 saturated heterocycles. The van der Waals surface area contributed by atoms with Crippen molar-refractivity contribution in [3.63, 3.8) is 0 Å². The largest absolute Gasteiger partial charge is 0.493 e. The van der Waals surface area contributed by atoms with Crippen LogP contribution >= 0.6 is 0 Å². The van der Waals surface area contributed by atoms with Crippen molar-refractivity contribution in [3.05, 3.63) is 53.3 Å². The van der Waals surface area contributed by atoms with Gasteiger partial charge < -0.3 is 18.9 Å². The van der Waals surface area contributed by atoms with Gasteiger partial charge in [0.2, 0.25) is 5.78 Å². The molecule has 6 nitrogen and oxygen atoms in total. The van der Waals surface area contributed by atoms with Crippen molar-refractivity contribution in [2.24, 2.45) is 5.41 Å². The second kappa shape index (κ2) is 7.38. The van der Waals surface area contributed by atoms with Crippen LogP contribution in [0.5, 0.6) is 23.0 Å². The van der Waals surface area contributed by atoms with E-state index in [1.807, 2.05) is 0 Å². The number of carbonyl (C=O) groups is 2. The van der Waals surface area contributed by atoms with Gasteiger partial charge in [-0.05, 0) is 56.7 Å². The van der Waals surface area contributed by atoms with Gasteiger partial charge in [-0.2, -0.15) is 0 Å². The van der Waals surface area contributed by atoms with Crippen LogP contribution in [0.4, 0.5) is 0 Å². The number of methoxy groups -OCH3 is 2. The van der Waals surface area contributed by atoms with Crippen LogP contribution < -0.4 is 18.9 Å². The van der Waals surface area contributed by atoms with Crippen LogP contribution in [0.15, 0.2) is 42.2 Å². The lowest BCUT2D eigenvalue weighted by molar-refractivity contribution is -0.143. The van der Waals surface area contributed by atoms with E-state index < -0.39 is 5.41 Å². The summed E-state index contributed by atoms with van der Waals surface area (Å²) < 4.78 is 21.6. The Hall–Kier alpha value is -3.28. The molecule has 0 aliphatic carbocycles. The van der Waals surface area contributed by atoms with Gasteiger partial charge in [0, 0.05) is 6.07 Å². The van der Waals surface area contributed by atoms with Crippen LogP contribution in [-0.2, 0) is 4.79 Å². The van der Waals surface area contributed by atoms with Gasteiger partial charge in [-0.15, -0.1) is 0 Å². The standard InChI is InChI=1S/C22H22O6/c1-22(2,3)21(24)27-14-7-8-15-17(12-14)28-19(20(15)23)11-13-6-9-16(25-4)18(10-13)26-5/h6-12H,1-5H3. The first kappa shape index (κ1) is 19.5. The first-order chi connectivity index (χ1) is 13.2. The molecular formula is C22H22O6. The highest BCUT2D eigenvalue weighted by Gasteiger charge is 2.29. The van der Waals surface area contributed by atoms with E-state index in [1.54, 1.807) is 77.5 Å². The van der Waals surface area contributed by atoms with Crippen LogP contribution in [-0.4, -0.2) is 26.0 Å². The molecule has 0 spiro atoms. The fraction of sp³-hybridized carbons (Fsp3) is 0.273. The third-order valence-electron chi connectivity index (χ3n) is 4.17. The number of carbonyl (C=O) groups excluding carboxylic acids is 2. The van der Waals surface area contributed by atoms with E-state index in [-0.39, 0.29) is 17.5 Å². The van der Waals surface area contributed by atoms with Crippen LogP contribution in [0.25, 0.3) is 6.08 Å². The maximum absolute atomic E-state index is 12.6. The smallest absolute Gasteiger partial charge is 0.316 e. The zero-order valence-corrected chi connectivity index (χ0v) is 16.5. The van der Waals surface area contributed by atoms with E-state index in [2.05, 4.69) is 0 Å². The molecule has 0 unspecified atom stereocenters. The fourth-order valence-corrected chi connectivity index (χ4v) is 2.58. The van der Waals surface area contributed by atoms with Crippen molar-refractivity contribution >= 4 is 17.8 Å². The monoisotopic (exact) mass is 382 g/mol. The highest BCUT2D eigenvalue weighted by Crippen LogP contribution is 2.36. The first-order valence-electron chi connectivity index (χ1n) is 8.75. The normalized spacial score (nSPS) is 14.5. The Morgan fingerprint density at radius 1 is 1.00 bits per heavy atom. The summed E-state index contributed by atoms with van der Waals surface area (Å²) >= 11 is 0. The molecule has 1 heterocycles. The maximum atomic E-state index is 12.6. The van der Waals surface area contributed by atoms with Crippen LogP contribution in [0.2, 0.25) is 0 Å². The predicted octanol–water partition coefficient (Wildman–Crippen LogP) is 4.27. The summed E-state index contributed by atoms with van der Waals surface area (Å²) in [4.78, 5) is 24.7. The molecule has 3 rings (SSSR count). The zero-order valence-electron chi connectivity index (χ0n) is 16.5. The number of Topliss-reactive ketones (excluding diaryl/α,β-unsaturated/α-hetero) is 1. The van der Waals surface area contributed by atoms with Gasteiger partial charge in [-0.25, -0.2) is 0 Å². The van der Waals surface area contributed by atoms with Crippen molar-refractivity contribution in [2.75, 3.05) is 14.2 Å². The molecule has 0 aromatic heterocycles. The number of ether oxygens (including phenoxy) is 4. The molecule has 0 bridgehead atoms. The third kappa shape index (κ3) is 3.86. The summed E-state index contributed by atoms with van der Waals surface area (Å²) in [7, 11) is 3.10. The Kier molecular flexibility index (Phi) is 5.14. The Balaban J connectivity index is 1.85. The van der Waals surface area contributed by atoms with Gasteiger partial charge in [0.1, 0.15) is 11.5 Å². The fourth-order valence-electron chi connectivity index (χ4n) is 2.58. The summed E-state index contributed by atoms with van der Waals surface area (Å²) in [6, 6.07) is 10.0. The first-order valence-corrected chi connectivity index (χ1v) is 8.75. The summed E-state index contributed by atoms with van der Waals surface area (Å²) in [5, 5.41) is 0. The van der Waals surface area contributed by atoms with E-state index in [0.717, 1.165) is 5.56 Å². The topological polar surface area (TPSA) is 71.1 Å². The number of allylic oxidation sites excluding steroid dienone is 1. The molecule has 2 aromatic rings. The Morgan fingerprint density at radius 2 is 1.71 bits per heavy atom. The van der Waals surface area contributed by atoms with Crippen LogP contribution in [0.1, 0.15) is 36.7 Å². The molecule has 6 heteroatoms. The summed E-state index contributed by atoms with van der Waals surface area (Å²) in [5.74, 6) is 1.42. The lowest BCUT2D eigenvalue weighted by Gasteiger charge is -2.16. The molecule has 1 aliphatic heterocycles. The minimum atomic E-state index is -0.631. The van der Waals surface area contributed by atoms with Gasteiger partial charge in [0.05, 0.1) is 25.2 Å². The number of hydrogen-bond donors (Lipinski definition) is 0. The van der Waals surface area contributed by atoms with Gasteiger partial charge >= 0.3 is 5.97 Å². The molecule has 2 aromatic carbocycles. The second-order valence-electron chi connectivity index (χ2n) is 7.35. The Morgan fingerprint density at radius 3 is 2.36 bits per heavy atom. The van der Waals surface area contributed by atoms with E-state index in [1.165, 1.54) is 0 Å². The molecule has 28 heavy (non-hydrogen) atoms. The number of ketones is 1. The lowest BCUT2D eigenvalue weighted by Crippen LogP contribution is -2.25. The van der Waals surface area contributed by atoms with E-state index in [4.69, 9.17) is 18.9 Å². The quantitative estimate of drug-likeness (QED) is 0.447. The van der Waals surface area contributed by atoms with Crippen molar-refractivity contribution in [3.8, 4) is 23.0 Å². The minimum Gasteiger partial charge on any atom is -0.493 e. The average Bonchev–Trinajstić information content (AvgIpc) is 2.95. The number of fused-ring (bicyclic) bond motifs is 1. The average molecular weight is 382 g/mol. The molecule has 1 aliphatic rings. The maximum Gasteiger partial charge on any atom is 0.316 e. The number of esters is 1. The number of hydrogen-bond acceptors (Lipinski definition) is 6. The van der Waals surface area contributed by atoms with Crippen molar-refractivity contribution < 1.29 is 28.5 Å². The predicted molar refractivity (Wildman–Crippen MR) is 104 cm³/mol. The van der Waals surface area contributed by atoms with Gasteiger partial charge in [0.15, 0.2) is 17.3 Å². The third-order valence-corrected chi connectivity index (χ3v) is 4.17. The van der Waals surface area contributed by atoms with E-state index >= 15 is 0 Å². The molecule has 0 radical (unpaired) electrons. The van der Waals surface area contributed by atoms with Crippen molar-refractivity contribution in [2.45, 2.75) is 20.8 Å². The van der Waals surface area contributed by atoms with Gasteiger partial charge in [0.25, 0.3) is 0 Å². The second-order valence-corrected chi connectivity index (χ2v) is 7.35. The summed E-state index contributed by atoms with van der Waals surface area (Å²) in [6.45, 7) is 5.31. The summed E-state index contributed by atoms with van der Waals surface area (Å²) in [5.41, 5.74) is 0.518. The molecule has 0 N–H and O–H groups in total. The highest BCUT2D eigenvalue weighted by atomic mass is 16.5. The molecule has 0 amide bonds. The summed E-state index contributed by atoms with van der Waals surface area (Å²) in [6.07, 6.45) is 1.63. The van der Waals surface area contributed by atoms with Crippen LogP contribution in [0, 0.1) is 5.41 Å². The van der Waals surface area contributed by atoms with Crippen molar-refractivity contribution in [1.29, 1.82) is 0 Å². The van der Waals surface area contributed by atoms with Gasteiger partial charge in [-0.1, -0.05) is 6.07 Å². The number of benzene rings is 2. The SMILES string of the molecule is COc1ccc(C=C2Oc3cc(OC(=O)C(C)(C)C)ccc3C2=O)cc1OC. The van der Waals surface area contributed by atoms with E-state index in [0.29, 0.717) is 28.6 Å². The zero-order chi connectivity index (χ0) is 20.5. The van der Waals surface area contributed by atoms with Gasteiger partial charge in [-0.3, -0.25) is 9.59 Å². The van der Waals surface area contributed by atoms with Crippen LogP contribution in [0.3, 0.4) is 0 Å². The molecule has 0 fully saturated rings. The van der Waals surface area contributed by atoms with Crippen molar-refractivity contribution in [1.82, 2.24) is 0 Å². The Bertz CT molecular complexity index is 965. The minimum absolute atomic E-state index is 0.182.